The highest BCUT2D eigenvalue weighted by molar-refractivity contribution is 5.73. The Morgan fingerprint density at radius 3 is 1.56 bits per heavy atom. The molecule has 0 radical (unpaired) electrons. The van der Waals surface area contributed by atoms with Crippen molar-refractivity contribution in [2.75, 3.05) is 33.0 Å². The fourth-order valence-electron chi connectivity index (χ4n) is 7.34. The van der Waals surface area contributed by atoms with Gasteiger partial charge in [-0.15, -0.1) is 0 Å². The largest absolute Gasteiger partial charge is 0.394 e. The molecule has 4 heterocycles. The van der Waals surface area contributed by atoms with Crippen LogP contribution < -0.4 is 10.6 Å². The molecule has 4 saturated heterocycles. The van der Waals surface area contributed by atoms with Crippen molar-refractivity contribution in [2.24, 2.45) is 0 Å². The first-order valence-electron chi connectivity index (χ1n) is 19.4. The van der Waals surface area contributed by atoms with Crippen molar-refractivity contribution >= 4 is 11.8 Å². The Labute approximate surface area is 347 Å². The number of ether oxygens (including phenoxy) is 8. The highest BCUT2D eigenvalue weighted by atomic mass is 16.8. The molecule has 17 N–H and O–H groups in total. The van der Waals surface area contributed by atoms with E-state index < -0.39 is 192 Å². The summed E-state index contributed by atoms with van der Waals surface area (Å²) < 4.78 is 46.7. The van der Waals surface area contributed by atoms with Crippen molar-refractivity contribution in [3.8, 4) is 0 Å². The molecule has 0 aromatic heterocycles. The summed E-state index contributed by atoms with van der Waals surface area (Å²) in [6.45, 7) is -1.61. The Balaban J connectivity index is 1.81. The zero-order valence-electron chi connectivity index (χ0n) is 33.2. The average molecular weight is 897 g/mol. The second kappa shape index (κ2) is 22.8. The Morgan fingerprint density at radius 2 is 1.03 bits per heavy atom. The van der Waals surface area contributed by atoms with Crippen LogP contribution >= 0.6 is 0 Å². The lowest BCUT2D eigenvalue weighted by molar-refractivity contribution is -0.402. The van der Waals surface area contributed by atoms with Crippen LogP contribution in [-0.2, 0) is 47.5 Å². The summed E-state index contributed by atoms with van der Waals surface area (Å²) in [6, 6.07) is -3.33. The zero-order valence-corrected chi connectivity index (χ0v) is 33.2. The number of hydrogen-bond acceptors (Lipinski definition) is 25. The third-order valence-corrected chi connectivity index (χ3v) is 10.7. The zero-order chi connectivity index (χ0) is 45.6. The molecule has 27 heteroatoms. The van der Waals surface area contributed by atoms with Crippen molar-refractivity contribution in [3.63, 3.8) is 0 Å². The van der Waals surface area contributed by atoms with Crippen LogP contribution in [0.2, 0.25) is 0 Å². The molecular formula is C34H60N2O25. The van der Waals surface area contributed by atoms with Gasteiger partial charge in [-0.3, -0.25) is 9.59 Å². The second-order valence-corrected chi connectivity index (χ2v) is 15.2. The molecule has 61 heavy (non-hydrogen) atoms. The van der Waals surface area contributed by atoms with Gasteiger partial charge in [0.05, 0.1) is 45.2 Å². The minimum Gasteiger partial charge on any atom is -0.394 e. The third-order valence-electron chi connectivity index (χ3n) is 10.7. The van der Waals surface area contributed by atoms with Gasteiger partial charge < -0.3 is 125 Å². The minimum absolute atomic E-state index is 0.753. The highest BCUT2D eigenvalue weighted by Gasteiger charge is 2.57. The topological polar surface area (TPSA) is 435 Å². The molecule has 4 rings (SSSR count). The molecule has 27 nitrogen and oxygen atoms in total. The van der Waals surface area contributed by atoms with Crippen molar-refractivity contribution in [1.29, 1.82) is 0 Å². The maximum atomic E-state index is 12.7. The SMILES string of the molecule is CC(=O)N[C@H]1[C@H](O[C@@H]([C@@H](O)[C@H](O)CO)[C@H](CO)NC(C)=O)O[C@H](CO)[C@@H](O)[C@@H]1O[C@@H]1O[C@H](CO)[C@H](O)[C@H](O[C@H]2O[C@H](CO)[C@H](O)[C@H](O)[C@H]2O)[C@H]1O[C@@H]1O[C@@H](C)[C@@H](O)[C@@H](O)[C@@H]1O. The van der Waals surface area contributed by atoms with Crippen LogP contribution in [0.3, 0.4) is 0 Å². The second-order valence-electron chi connectivity index (χ2n) is 15.2. The van der Waals surface area contributed by atoms with Gasteiger partial charge in [0.15, 0.2) is 25.2 Å². The van der Waals surface area contributed by atoms with Crippen molar-refractivity contribution in [2.45, 2.75) is 168 Å². The Morgan fingerprint density at radius 1 is 0.557 bits per heavy atom. The van der Waals surface area contributed by atoms with E-state index in [1.165, 1.54) is 6.92 Å². The molecule has 4 aliphatic rings. The molecule has 0 unspecified atom stereocenters. The number of nitrogens with one attached hydrogen (secondary N) is 2. The van der Waals surface area contributed by atoms with E-state index in [9.17, 15) is 86.2 Å². The first kappa shape index (κ1) is 51.7. The maximum Gasteiger partial charge on any atom is 0.217 e. The van der Waals surface area contributed by atoms with E-state index in [0.29, 0.717) is 0 Å². The molecule has 4 aliphatic heterocycles. The van der Waals surface area contributed by atoms with Crippen LogP contribution in [0.25, 0.3) is 0 Å². The Kier molecular flexibility index (Phi) is 19.3. The number of hydrogen-bond donors (Lipinski definition) is 17. The van der Waals surface area contributed by atoms with Crippen LogP contribution in [0, 0.1) is 0 Å². The smallest absolute Gasteiger partial charge is 0.217 e. The number of aliphatic hydroxyl groups excluding tert-OH is 15. The Hall–Kier alpha value is -1.98. The fraction of sp³-hybridized carbons (Fsp3) is 0.941. The van der Waals surface area contributed by atoms with Gasteiger partial charge in [-0.1, -0.05) is 0 Å². The summed E-state index contributed by atoms with van der Waals surface area (Å²) in [7, 11) is 0. The molecule has 0 bridgehead atoms. The van der Waals surface area contributed by atoms with Gasteiger partial charge >= 0.3 is 0 Å². The number of carbonyl (C=O) groups excluding carboxylic acids is 2. The molecule has 0 saturated carbocycles. The van der Waals surface area contributed by atoms with Gasteiger partial charge in [0.2, 0.25) is 11.8 Å². The van der Waals surface area contributed by atoms with Gasteiger partial charge in [0.1, 0.15) is 110 Å². The summed E-state index contributed by atoms with van der Waals surface area (Å²) in [6.07, 6.45) is -41.7. The fourth-order valence-corrected chi connectivity index (χ4v) is 7.34. The molecule has 0 aliphatic carbocycles. The molecule has 24 atom stereocenters. The summed E-state index contributed by atoms with van der Waals surface area (Å²) in [5.41, 5.74) is 0. The number of aliphatic hydroxyl groups is 15. The first-order valence-corrected chi connectivity index (χ1v) is 19.4. The standard InChI is InChI=1S/C34H60N2O25/c1-9-18(45)23(50)25(52)32(54-9)61-30-29(60-33-26(53)24(51)20(47)14(6-39)56-33)22(49)16(8-41)57-34(30)59-28-17(36-11(3)43)31(55-15(7-40)21(28)48)58-27(19(46)13(44)5-38)12(4-37)35-10(2)42/h9,12-34,37-41,44-53H,4-8H2,1-3H3,(H,35,42)(H,36,43)/t9-,12-,13+,14+,15+,16+,17+,18+,19-,20-,21+,22-,23+,24-,25-,26+,27+,28+,29-,30+,31-,32-,33+,34-/m0/s1. The van der Waals surface area contributed by atoms with Gasteiger partial charge in [0, 0.05) is 13.8 Å². The molecule has 356 valence electrons. The van der Waals surface area contributed by atoms with Crippen molar-refractivity contribution in [3.05, 3.63) is 0 Å². The summed E-state index contributed by atoms with van der Waals surface area (Å²) >= 11 is 0. The predicted octanol–water partition coefficient (Wildman–Crippen LogP) is -11.0. The Bertz CT molecular complexity index is 1370. The number of amides is 2. The van der Waals surface area contributed by atoms with Crippen LogP contribution in [0.4, 0.5) is 0 Å². The van der Waals surface area contributed by atoms with Crippen LogP contribution in [0.15, 0.2) is 0 Å². The predicted molar refractivity (Wildman–Crippen MR) is 191 cm³/mol. The highest BCUT2D eigenvalue weighted by Crippen LogP contribution is 2.36. The first-order chi connectivity index (χ1) is 28.7. The van der Waals surface area contributed by atoms with E-state index >= 15 is 0 Å². The lowest BCUT2D eigenvalue weighted by Gasteiger charge is -2.51. The van der Waals surface area contributed by atoms with E-state index in [2.05, 4.69) is 10.6 Å². The van der Waals surface area contributed by atoms with E-state index in [1.807, 2.05) is 0 Å². The van der Waals surface area contributed by atoms with Gasteiger partial charge in [-0.2, -0.15) is 0 Å². The normalized spacial score (nSPS) is 44.1. The average Bonchev–Trinajstić information content (AvgIpc) is 3.23. The maximum absolute atomic E-state index is 12.7. The monoisotopic (exact) mass is 896 g/mol. The molecule has 0 spiro atoms. The lowest BCUT2D eigenvalue weighted by atomic mass is 9.94. The quantitative estimate of drug-likeness (QED) is 0.0607. The van der Waals surface area contributed by atoms with Gasteiger partial charge in [-0.05, 0) is 6.92 Å². The third kappa shape index (κ3) is 11.8. The van der Waals surface area contributed by atoms with E-state index in [1.54, 1.807) is 0 Å². The van der Waals surface area contributed by atoms with Gasteiger partial charge in [-0.25, -0.2) is 0 Å². The van der Waals surface area contributed by atoms with E-state index in [4.69, 9.17) is 37.9 Å². The molecular weight excluding hydrogens is 836 g/mol. The number of rotatable bonds is 18. The van der Waals surface area contributed by atoms with E-state index in [-0.39, 0.29) is 0 Å². The van der Waals surface area contributed by atoms with Crippen molar-refractivity contribution in [1.82, 2.24) is 10.6 Å². The summed E-state index contributed by atoms with van der Waals surface area (Å²) in [5.74, 6) is -1.61. The van der Waals surface area contributed by atoms with Crippen molar-refractivity contribution < 1.29 is 124 Å². The van der Waals surface area contributed by atoms with E-state index in [0.717, 1.165) is 13.8 Å². The van der Waals surface area contributed by atoms with Crippen LogP contribution in [-0.4, -0.2) is 269 Å². The number of carbonyl (C=O) groups is 2. The summed E-state index contributed by atoms with van der Waals surface area (Å²) in [4.78, 5) is 24.7. The molecule has 0 aromatic rings. The molecule has 4 fully saturated rings. The summed E-state index contributed by atoms with van der Waals surface area (Å²) in [5, 5.41) is 163. The molecule has 0 aromatic carbocycles. The van der Waals surface area contributed by atoms with Crippen LogP contribution in [0.5, 0.6) is 0 Å². The minimum atomic E-state index is -2.11. The lowest BCUT2D eigenvalue weighted by Crippen LogP contribution is -2.70. The van der Waals surface area contributed by atoms with Crippen LogP contribution in [0.1, 0.15) is 20.8 Å². The van der Waals surface area contributed by atoms with Gasteiger partial charge in [0.25, 0.3) is 0 Å². The molecule has 2 amide bonds.